The third-order valence-electron chi connectivity index (χ3n) is 4.23. The first kappa shape index (κ1) is 8.59. The van der Waals surface area contributed by atoms with Gasteiger partial charge in [-0.05, 0) is 30.6 Å². The molecule has 2 fully saturated rings. The second kappa shape index (κ2) is 3.81. The van der Waals surface area contributed by atoms with Crippen LogP contribution >= 0.6 is 0 Å². The number of hydrogen-bond donors (Lipinski definition) is 0. The van der Waals surface area contributed by atoms with Gasteiger partial charge >= 0.3 is 0 Å². The quantitative estimate of drug-likeness (QED) is 0.552. The van der Waals surface area contributed by atoms with Gasteiger partial charge in [-0.3, -0.25) is 0 Å². The molecule has 0 spiro atoms. The Morgan fingerprint density at radius 3 is 2.42 bits per heavy atom. The Bertz CT molecular complexity index is 139. The van der Waals surface area contributed by atoms with E-state index in [2.05, 4.69) is 6.92 Å². The van der Waals surface area contributed by atoms with Gasteiger partial charge in [-0.25, -0.2) is 0 Å². The Labute approximate surface area is 76.7 Å². The average Bonchev–Trinajstić information content (AvgIpc) is 2.17. The summed E-state index contributed by atoms with van der Waals surface area (Å²) >= 11 is 0. The fourth-order valence-electron chi connectivity index (χ4n) is 3.34. The summed E-state index contributed by atoms with van der Waals surface area (Å²) in [4.78, 5) is 0. The van der Waals surface area contributed by atoms with Gasteiger partial charge in [0.15, 0.2) is 0 Å². The highest BCUT2D eigenvalue weighted by Crippen LogP contribution is 2.43. The van der Waals surface area contributed by atoms with Crippen molar-refractivity contribution < 1.29 is 0 Å². The standard InChI is InChI=1S/C12H22/c1-2-10-7-8-11-5-3-4-6-12(11)9-10/h10-12H,2-9H2,1H3/t10-,11+,12?/m0/s1. The van der Waals surface area contributed by atoms with E-state index in [-0.39, 0.29) is 0 Å². The van der Waals surface area contributed by atoms with Gasteiger partial charge in [-0.1, -0.05) is 45.4 Å². The van der Waals surface area contributed by atoms with Gasteiger partial charge in [0, 0.05) is 0 Å². The Balaban J connectivity index is 1.90. The van der Waals surface area contributed by atoms with Crippen molar-refractivity contribution in [2.75, 3.05) is 0 Å². The van der Waals surface area contributed by atoms with Crippen LogP contribution in [0.1, 0.15) is 58.3 Å². The van der Waals surface area contributed by atoms with E-state index in [1.807, 2.05) is 0 Å². The third-order valence-corrected chi connectivity index (χ3v) is 4.23. The number of hydrogen-bond acceptors (Lipinski definition) is 0. The molecule has 0 bridgehead atoms. The average molecular weight is 166 g/mol. The van der Waals surface area contributed by atoms with Crippen LogP contribution in [0.3, 0.4) is 0 Å². The second-order valence-corrected chi connectivity index (χ2v) is 4.89. The van der Waals surface area contributed by atoms with Crippen molar-refractivity contribution in [1.82, 2.24) is 0 Å². The smallest absolute Gasteiger partial charge is 0.0383 e. The SMILES string of the molecule is CC[C@H]1CC[C@H]2CCCCC2C1. The molecule has 1 unspecified atom stereocenters. The molecule has 2 rings (SSSR count). The van der Waals surface area contributed by atoms with Gasteiger partial charge in [0.05, 0.1) is 0 Å². The molecular weight excluding hydrogens is 144 g/mol. The summed E-state index contributed by atoms with van der Waals surface area (Å²) in [7, 11) is 0. The van der Waals surface area contributed by atoms with Crippen molar-refractivity contribution in [1.29, 1.82) is 0 Å². The molecule has 70 valence electrons. The maximum Gasteiger partial charge on any atom is -0.0383 e. The van der Waals surface area contributed by atoms with Crippen LogP contribution < -0.4 is 0 Å². The molecule has 0 heterocycles. The Kier molecular flexibility index (Phi) is 2.73. The summed E-state index contributed by atoms with van der Waals surface area (Å²) in [6.07, 6.45) is 12.3. The molecule has 0 N–H and O–H groups in total. The van der Waals surface area contributed by atoms with E-state index in [1.165, 1.54) is 25.7 Å². The van der Waals surface area contributed by atoms with Gasteiger partial charge in [-0.15, -0.1) is 0 Å². The third kappa shape index (κ3) is 1.67. The van der Waals surface area contributed by atoms with Crippen LogP contribution in [0.15, 0.2) is 0 Å². The number of fused-ring (bicyclic) bond motifs is 1. The van der Waals surface area contributed by atoms with Crippen LogP contribution in [-0.4, -0.2) is 0 Å². The molecule has 2 aliphatic carbocycles. The first-order chi connectivity index (χ1) is 5.90. The highest BCUT2D eigenvalue weighted by molar-refractivity contribution is 4.82. The van der Waals surface area contributed by atoms with E-state index in [4.69, 9.17) is 0 Å². The Morgan fingerprint density at radius 2 is 1.67 bits per heavy atom. The predicted octanol–water partition coefficient (Wildman–Crippen LogP) is 4.00. The van der Waals surface area contributed by atoms with Crippen LogP contribution in [0.4, 0.5) is 0 Å². The summed E-state index contributed by atoms with van der Waals surface area (Å²) in [5.41, 5.74) is 0. The molecule has 3 atom stereocenters. The van der Waals surface area contributed by atoms with Crippen LogP contribution in [0.25, 0.3) is 0 Å². The molecule has 0 nitrogen and oxygen atoms in total. The van der Waals surface area contributed by atoms with Crippen molar-refractivity contribution in [3.8, 4) is 0 Å². The van der Waals surface area contributed by atoms with E-state index in [9.17, 15) is 0 Å². The lowest BCUT2D eigenvalue weighted by Crippen LogP contribution is -2.27. The zero-order chi connectivity index (χ0) is 8.39. The lowest BCUT2D eigenvalue weighted by atomic mass is 9.67. The van der Waals surface area contributed by atoms with Gasteiger partial charge < -0.3 is 0 Å². The molecule has 12 heavy (non-hydrogen) atoms. The molecular formula is C12H22. The van der Waals surface area contributed by atoms with Crippen LogP contribution in [0.2, 0.25) is 0 Å². The highest BCUT2D eigenvalue weighted by Gasteiger charge is 2.30. The summed E-state index contributed by atoms with van der Waals surface area (Å²) in [6.45, 7) is 2.37. The fourth-order valence-corrected chi connectivity index (χ4v) is 3.34. The number of rotatable bonds is 1. The van der Waals surface area contributed by atoms with Crippen LogP contribution in [0.5, 0.6) is 0 Å². The van der Waals surface area contributed by atoms with E-state index < -0.39 is 0 Å². The second-order valence-electron chi connectivity index (χ2n) is 4.89. The maximum atomic E-state index is 2.37. The van der Waals surface area contributed by atoms with Crippen molar-refractivity contribution in [2.45, 2.75) is 58.3 Å². The minimum Gasteiger partial charge on any atom is -0.0651 e. The molecule has 0 saturated heterocycles. The van der Waals surface area contributed by atoms with Gasteiger partial charge in [0.1, 0.15) is 0 Å². The largest absolute Gasteiger partial charge is 0.0651 e. The van der Waals surface area contributed by atoms with Crippen molar-refractivity contribution >= 4 is 0 Å². The maximum absolute atomic E-state index is 2.37. The lowest BCUT2D eigenvalue weighted by Gasteiger charge is -2.39. The summed E-state index contributed by atoms with van der Waals surface area (Å²) in [6, 6.07) is 0. The molecule has 2 aliphatic rings. The Hall–Kier alpha value is 0. The van der Waals surface area contributed by atoms with Gasteiger partial charge in [0.25, 0.3) is 0 Å². The molecule has 2 saturated carbocycles. The molecule has 0 heteroatoms. The Morgan fingerprint density at radius 1 is 0.917 bits per heavy atom. The van der Waals surface area contributed by atoms with Crippen molar-refractivity contribution in [3.05, 3.63) is 0 Å². The predicted molar refractivity (Wildman–Crippen MR) is 53.1 cm³/mol. The summed E-state index contributed by atoms with van der Waals surface area (Å²) in [5, 5.41) is 0. The monoisotopic (exact) mass is 166 g/mol. The van der Waals surface area contributed by atoms with Gasteiger partial charge in [-0.2, -0.15) is 0 Å². The molecule has 0 aromatic rings. The molecule has 0 aromatic heterocycles. The van der Waals surface area contributed by atoms with Crippen LogP contribution in [-0.2, 0) is 0 Å². The van der Waals surface area contributed by atoms with E-state index in [0.29, 0.717) is 0 Å². The summed E-state index contributed by atoms with van der Waals surface area (Å²) in [5.74, 6) is 3.36. The highest BCUT2D eigenvalue weighted by atomic mass is 14.4. The topological polar surface area (TPSA) is 0 Å². The van der Waals surface area contributed by atoms with E-state index in [0.717, 1.165) is 17.8 Å². The minimum atomic E-state index is 1.09. The van der Waals surface area contributed by atoms with E-state index in [1.54, 1.807) is 25.7 Å². The first-order valence-electron chi connectivity index (χ1n) is 5.90. The van der Waals surface area contributed by atoms with Gasteiger partial charge in [0.2, 0.25) is 0 Å². The minimum absolute atomic E-state index is 1.09. The fraction of sp³-hybridized carbons (Fsp3) is 1.00. The molecule has 0 amide bonds. The van der Waals surface area contributed by atoms with Crippen molar-refractivity contribution in [2.24, 2.45) is 17.8 Å². The first-order valence-corrected chi connectivity index (χ1v) is 5.90. The zero-order valence-electron chi connectivity index (χ0n) is 8.39. The van der Waals surface area contributed by atoms with Crippen molar-refractivity contribution in [3.63, 3.8) is 0 Å². The zero-order valence-corrected chi connectivity index (χ0v) is 8.39. The van der Waals surface area contributed by atoms with Crippen LogP contribution in [0, 0.1) is 17.8 Å². The summed E-state index contributed by atoms with van der Waals surface area (Å²) < 4.78 is 0. The lowest BCUT2D eigenvalue weighted by molar-refractivity contribution is 0.128. The molecule has 0 aliphatic heterocycles. The molecule has 0 aromatic carbocycles. The van der Waals surface area contributed by atoms with E-state index >= 15 is 0 Å². The normalized spacial score (nSPS) is 42.2. The molecule has 0 radical (unpaired) electrons.